The van der Waals surface area contributed by atoms with E-state index in [9.17, 15) is 14.7 Å². The zero-order valence-electron chi connectivity index (χ0n) is 26.3. The molecule has 236 valence electrons. The maximum atomic E-state index is 13.4. The molecule has 3 atom stereocenters. The minimum Gasteiger partial charge on any atom is -0.507 e. The number of rotatable bonds is 7. The van der Waals surface area contributed by atoms with E-state index in [1.54, 1.807) is 39.8 Å². The summed E-state index contributed by atoms with van der Waals surface area (Å²) in [6.45, 7) is 11.1. The molecule has 1 saturated heterocycles. The second-order valence-corrected chi connectivity index (χ2v) is 13.0. The van der Waals surface area contributed by atoms with Gasteiger partial charge in [0.25, 0.3) is 0 Å². The van der Waals surface area contributed by atoms with Crippen molar-refractivity contribution in [2.24, 2.45) is 0 Å². The Balaban J connectivity index is 1.15. The van der Waals surface area contributed by atoms with Crippen LogP contribution in [-0.2, 0) is 27.1 Å². The maximum absolute atomic E-state index is 13.4. The minimum absolute atomic E-state index is 0.0675. The number of esters is 1. The molecule has 5 N–H and O–H groups in total. The third kappa shape index (κ3) is 5.68. The van der Waals surface area contributed by atoms with E-state index < -0.39 is 23.3 Å². The summed E-state index contributed by atoms with van der Waals surface area (Å²) in [5, 5.41) is 11.1. The van der Waals surface area contributed by atoms with Gasteiger partial charge in [0.1, 0.15) is 51.6 Å². The van der Waals surface area contributed by atoms with Gasteiger partial charge in [-0.2, -0.15) is 0 Å². The van der Waals surface area contributed by atoms with E-state index in [1.807, 2.05) is 18.2 Å². The lowest BCUT2D eigenvalue weighted by Gasteiger charge is -2.39. The van der Waals surface area contributed by atoms with E-state index in [0.717, 1.165) is 16.8 Å². The molecule has 2 aliphatic heterocycles. The van der Waals surface area contributed by atoms with Crippen LogP contribution in [0, 0.1) is 6.92 Å². The third-order valence-corrected chi connectivity index (χ3v) is 8.67. The Kier molecular flexibility index (Phi) is 7.27. The fourth-order valence-electron chi connectivity index (χ4n) is 5.93. The smallest absolute Gasteiger partial charge is 0.341 e. The first kappa shape index (κ1) is 30.4. The maximum Gasteiger partial charge on any atom is 0.341 e. The number of carbonyl (C=O) groups is 1. The number of fused-ring (bicyclic) bond motifs is 2. The number of aryl methyl sites for hydroxylation is 2. The highest BCUT2D eigenvalue weighted by Gasteiger charge is 2.60. The van der Waals surface area contributed by atoms with Crippen molar-refractivity contribution in [1.82, 2.24) is 9.97 Å². The fraction of sp³-hybridized carbons (Fsp3) is 0.412. The van der Waals surface area contributed by atoms with Gasteiger partial charge in [-0.1, -0.05) is 13.8 Å². The third-order valence-electron chi connectivity index (χ3n) is 8.67. The Morgan fingerprint density at radius 1 is 1.09 bits per heavy atom. The van der Waals surface area contributed by atoms with Crippen molar-refractivity contribution >= 4 is 28.6 Å². The number of phenolic OH excluding ortho intramolecular Hbond substituents is 1. The van der Waals surface area contributed by atoms with Crippen molar-refractivity contribution in [3.63, 3.8) is 0 Å². The Morgan fingerprint density at radius 3 is 2.56 bits per heavy atom. The molecule has 11 heteroatoms. The topological polar surface area (TPSA) is 176 Å². The number of hydrogen-bond acceptors (Lipinski definition) is 11. The standard InChI is InChI=1S/C34H38N4O7/c1-16(2)21-12-19(13-29(36)37-21)22-10-18(11-28(35)38-22)7-8-26-34(6,45-26)32(41)43-27-14-20-24(44-33(27,4)5)15-25-30(31(20)40)23(39)9-17(3)42-25/h9-13,15-16,26-27,40H,7-8,14H2,1-6H3,(H2,35,38)(H2,36,37). The summed E-state index contributed by atoms with van der Waals surface area (Å²) in [6.07, 6.45) is 0.197. The van der Waals surface area contributed by atoms with Gasteiger partial charge in [0.2, 0.25) is 0 Å². The Hall–Kier alpha value is -4.64. The van der Waals surface area contributed by atoms with Crippen LogP contribution in [0.2, 0.25) is 0 Å². The molecule has 4 aromatic rings. The first-order valence-corrected chi connectivity index (χ1v) is 15.1. The predicted molar refractivity (Wildman–Crippen MR) is 169 cm³/mol. The second-order valence-electron chi connectivity index (χ2n) is 13.0. The van der Waals surface area contributed by atoms with Crippen LogP contribution in [0.25, 0.3) is 22.2 Å². The quantitative estimate of drug-likeness (QED) is 0.189. The average Bonchev–Trinajstić information content (AvgIpc) is 3.62. The highest BCUT2D eigenvalue weighted by Crippen LogP contribution is 2.45. The molecule has 5 heterocycles. The Bertz CT molecular complexity index is 1900. The summed E-state index contributed by atoms with van der Waals surface area (Å²) >= 11 is 0. The van der Waals surface area contributed by atoms with Crippen molar-refractivity contribution in [3.8, 4) is 22.8 Å². The first-order valence-electron chi connectivity index (χ1n) is 15.1. The van der Waals surface area contributed by atoms with Crippen LogP contribution < -0.4 is 21.6 Å². The van der Waals surface area contributed by atoms with E-state index in [0.29, 0.717) is 47.2 Å². The second kappa shape index (κ2) is 10.8. The van der Waals surface area contributed by atoms with Crippen LogP contribution in [0.1, 0.15) is 69.5 Å². The lowest BCUT2D eigenvalue weighted by atomic mass is 9.89. The van der Waals surface area contributed by atoms with Gasteiger partial charge < -0.3 is 35.2 Å². The fourth-order valence-corrected chi connectivity index (χ4v) is 5.93. The molecular formula is C34H38N4O7. The van der Waals surface area contributed by atoms with Gasteiger partial charge >= 0.3 is 5.97 Å². The molecule has 11 nitrogen and oxygen atoms in total. The predicted octanol–water partition coefficient (Wildman–Crippen LogP) is 4.97. The zero-order chi connectivity index (χ0) is 32.4. The summed E-state index contributed by atoms with van der Waals surface area (Å²) in [5.74, 6) is 1.06. The average molecular weight is 615 g/mol. The molecule has 45 heavy (non-hydrogen) atoms. The molecule has 1 fully saturated rings. The molecule has 2 aliphatic rings. The van der Waals surface area contributed by atoms with Gasteiger partial charge in [-0.15, -0.1) is 0 Å². The molecule has 6 rings (SSSR count). The number of anilines is 2. The summed E-state index contributed by atoms with van der Waals surface area (Å²) in [4.78, 5) is 35.0. The number of aromatic hydroxyl groups is 1. The number of benzene rings is 1. The molecule has 0 amide bonds. The molecule has 0 spiro atoms. The number of pyridine rings is 2. The Labute approximate surface area is 260 Å². The van der Waals surface area contributed by atoms with Crippen LogP contribution in [0.5, 0.6) is 11.5 Å². The largest absolute Gasteiger partial charge is 0.507 e. The Morgan fingerprint density at radius 2 is 1.82 bits per heavy atom. The van der Waals surface area contributed by atoms with Crippen molar-refractivity contribution in [2.45, 2.75) is 90.1 Å². The van der Waals surface area contributed by atoms with E-state index in [-0.39, 0.29) is 40.6 Å². The number of ether oxygens (including phenoxy) is 3. The summed E-state index contributed by atoms with van der Waals surface area (Å²) in [6, 6.07) is 10.4. The number of nitrogens with two attached hydrogens (primary N) is 2. The van der Waals surface area contributed by atoms with E-state index >= 15 is 0 Å². The van der Waals surface area contributed by atoms with Crippen LogP contribution in [0.15, 0.2) is 45.6 Å². The molecule has 0 bridgehead atoms. The minimum atomic E-state index is -1.13. The van der Waals surface area contributed by atoms with E-state index in [4.69, 9.17) is 30.1 Å². The number of epoxide rings is 1. The van der Waals surface area contributed by atoms with E-state index in [2.05, 4.69) is 23.8 Å². The van der Waals surface area contributed by atoms with Gasteiger partial charge in [-0.05, 0) is 76.3 Å². The molecule has 0 aliphatic carbocycles. The normalized spacial score (nSPS) is 21.8. The number of nitrogen functional groups attached to an aromatic ring is 2. The van der Waals surface area contributed by atoms with Crippen molar-refractivity contribution in [1.29, 1.82) is 0 Å². The molecule has 0 radical (unpaired) electrons. The number of aromatic nitrogens is 2. The van der Waals surface area contributed by atoms with Crippen molar-refractivity contribution in [3.05, 3.63) is 69.2 Å². The van der Waals surface area contributed by atoms with Gasteiger partial charge in [0.05, 0.1) is 11.8 Å². The van der Waals surface area contributed by atoms with Crippen LogP contribution in [0.4, 0.5) is 11.6 Å². The number of carbonyl (C=O) groups excluding carboxylic acids is 1. The van der Waals surface area contributed by atoms with Gasteiger partial charge in [0.15, 0.2) is 11.0 Å². The SMILES string of the molecule is Cc1cc(=O)c2c(O)c3c(cc2o1)OC(C)(C)C(OC(=O)C1(C)OC1CCc1cc(N)nc(-c2cc(N)nc(C(C)C)c2)c1)C3. The highest BCUT2D eigenvalue weighted by atomic mass is 16.7. The summed E-state index contributed by atoms with van der Waals surface area (Å²) < 4.78 is 23.7. The van der Waals surface area contributed by atoms with Gasteiger partial charge in [-0.3, -0.25) is 4.79 Å². The van der Waals surface area contributed by atoms with Crippen LogP contribution >= 0.6 is 0 Å². The number of phenols is 1. The van der Waals surface area contributed by atoms with E-state index in [1.165, 1.54) is 6.07 Å². The monoisotopic (exact) mass is 614 g/mol. The lowest BCUT2D eigenvalue weighted by molar-refractivity contribution is -0.166. The summed E-state index contributed by atoms with van der Waals surface area (Å²) in [7, 11) is 0. The van der Waals surface area contributed by atoms with Gasteiger partial charge in [-0.25, -0.2) is 14.8 Å². The number of nitrogens with zero attached hydrogens (tertiary/aromatic N) is 2. The van der Waals surface area contributed by atoms with Crippen LogP contribution in [0.3, 0.4) is 0 Å². The van der Waals surface area contributed by atoms with Crippen molar-refractivity contribution in [2.75, 3.05) is 11.5 Å². The first-order chi connectivity index (χ1) is 21.1. The molecule has 1 aromatic carbocycles. The lowest BCUT2D eigenvalue weighted by Crippen LogP contribution is -2.50. The molecule has 3 aromatic heterocycles. The zero-order valence-corrected chi connectivity index (χ0v) is 26.3. The van der Waals surface area contributed by atoms with Crippen molar-refractivity contribution < 1.29 is 28.5 Å². The molecular weight excluding hydrogens is 576 g/mol. The van der Waals surface area contributed by atoms with Gasteiger partial charge in [0, 0.05) is 35.4 Å². The molecule has 0 saturated carbocycles. The summed E-state index contributed by atoms with van der Waals surface area (Å²) in [5.41, 5.74) is 13.8. The highest BCUT2D eigenvalue weighted by molar-refractivity contribution is 5.87. The van der Waals surface area contributed by atoms with Crippen LogP contribution in [-0.4, -0.2) is 44.5 Å². The molecule has 3 unspecified atom stereocenters. The number of hydrogen-bond donors (Lipinski definition) is 3.